The van der Waals surface area contributed by atoms with Gasteiger partial charge in [0, 0.05) is 16.3 Å². The van der Waals surface area contributed by atoms with Crippen LogP contribution in [0.15, 0.2) is 57.4 Å². The van der Waals surface area contributed by atoms with Crippen LogP contribution in [0.4, 0.5) is 4.39 Å². The largest absolute Gasteiger partial charge is 0.453 e. The molecule has 0 radical (unpaired) electrons. The van der Waals surface area contributed by atoms with Crippen molar-refractivity contribution in [2.75, 3.05) is 0 Å². The maximum Gasteiger partial charge on any atom is 0.202 e. The molecular weight excluding hydrogens is 323 g/mol. The number of benzene rings is 2. The lowest BCUT2D eigenvalue weighted by Crippen LogP contribution is -2.02. The normalized spacial score (nSPS) is 10.9. The monoisotopic (exact) mass is 332 g/mol. The molecule has 0 amide bonds. The van der Waals surface area contributed by atoms with E-state index < -0.39 is 0 Å². The van der Waals surface area contributed by atoms with Crippen molar-refractivity contribution in [1.82, 2.24) is 0 Å². The first kappa shape index (κ1) is 13.1. The highest BCUT2D eigenvalue weighted by Gasteiger charge is 2.14. The maximum atomic E-state index is 13.1. The van der Waals surface area contributed by atoms with Crippen molar-refractivity contribution in [3.05, 3.63) is 70.1 Å². The smallest absolute Gasteiger partial charge is 0.202 e. The Kier molecular flexibility index (Phi) is 3.40. The number of carbonyl (C=O) groups excluding carboxylic acids is 1. The van der Waals surface area contributed by atoms with Crippen molar-refractivity contribution in [2.45, 2.75) is 6.42 Å². The Morgan fingerprint density at radius 2 is 1.95 bits per heavy atom. The number of ketones is 1. The molecule has 1 aromatic heterocycles. The summed E-state index contributed by atoms with van der Waals surface area (Å²) in [5, 5.41) is 0.598. The minimum absolute atomic E-state index is 0.131. The molecule has 2 aromatic carbocycles. The Morgan fingerprint density at radius 1 is 1.15 bits per heavy atom. The summed E-state index contributed by atoms with van der Waals surface area (Å²) >= 11 is 3.41. The minimum Gasteiger partial charge on any atom is -0.453 e. The zero-order valence-corrected chi connectivity index (χ0v) is 12.0. The van der Waals surface area contributed by atoms with Gasteiger partial charge in [-0.05, 0) is 35.9 Å². The van der Waals surface area contributed by atoms with Crippen molar-refractivity contribution < 1.29 is 13.6 Å². The van der Waals surface area contributed by atoms with Gasteiger partial charge >= 0.3 is 0 Å². The second-order valence-electron chi connectivity index (χ2n) is 4.48. The van der Waals surface area contributed by atoms with E-state index in [4.69, 9.17) is 4.42 Å². The summed E-state index contributed by atoms with van der Waals surface area (Å²) < 4.78 is 19.5. The molecule has 0 saturated carbocycles. The van der Waals surface area contributed by atoms with Gasteiger partial charge in [0.05, 0.1) is 0 Å². The van der Waals surface area contributed by atoms with Gasteiger partial charge in [0.25, 0.3) is 0 Å². The molecule has 2 nitrogen and oxygen atoms in total. The van der Waals surface area contributed by atoms with Gasteiger partial charge in [-0.25, -0.2) is 4.39 Å². The Hall–Kier alpha value is -1.94. The van der Waals surface area contributed by atoms with E-state index in [0.29, 0.717) is 11.0 Å². The highest BCUT2D eigenvalue weighted by molar-refractivity contribution is 9.10. The van der Waals surface area contributed by atoms with Gasteiger partial charge in [-0.3, -0.25) is 4.79 Å². The zero-order valence-electron chi connectivity index (χ0n) is 10.4. The van der Waals surface area contributed by atoms with Crippen LogP contribution in [0.25, 0.3) is 11.0 Å². The van der Waals surface area contributed by atoms with Crippen LogP contribution in [0.5, 0.6) is 0 Å². The number of furan rings is 1. The van der Waals surface area contributed by atoms with Crippen LogP contribution < -0.4 is 0 Å². The van der Waals surface area contributed by atoms with Crippen molar-refractivity contribution in [1.29, 1.82) is 0 Å². The SMILES string of the molecule is O=C(Cc1ccccc1Br)c1cc2cc(F)ccc2o1. The number of rotatable bonds is 3. The molecule has 3 aromatic rings. The third-order valence-corrected chi connectivity index (χ3v) is 3.84. The number of carbonyl (C=O) groups is 1. The van der Waals surface area contributed by atoms with Crippen molar-refractivity contribution >= 4 is 32.7 Å². The molecule has 0 atom stereocenters. The molecular formula is C16H10BrFO2. The molecule has 0 bridgehead atoms. The Labute approximate surface area is 123 Å². The highest BCUT2D eigenvalue weighted by Crippen LogP contribution is 2.23. The summed E-state index contributed by atoms with van der Waals surface area (Å²) in [6, 6.07) is 13.3. The second kappa shape index (κ2) is 5.21. The van der Waals surface area contributed by atoms with Crippen LogP contribution in [-0.2, 0) is 6.42 Å². The van der Waals surface area contributed by atoms with Crippen LogP contribution in [-0.4, -0.2) is 5.78 Å². The van der Waals surface area contributed by atoms with Crippen molar-refractivity contribution in [3.63, 3.8) is 0 Å². The fraction of sp³-hybridized carbons (Fsp3) is 0.0625. The molecule has 0 aliphatic heterocycles. The predicted molar refractivity (Wildman–Crippen MR) is 78.3 cm³/mol. The summed E-state index contributed by atoms with van der Waals surface area (Å²) in [4.78, 5) is 12.2. The average molecular weight is 333 g/mol. The molecule has 0 fully saturated rings. The van der Waals surface area contributed by atoms with Gasteiger partial charge in [0.2, 0.25) is 5.78 Å². The third kappa shape index (κ3) is 2.51. The maximum absolute atomic E-state index is 13.1. The number of hydrogen-bond donors (Lipinski definition) is 0. The predicted octanol–water partition coefficient (Wildman–Crippen LogP) is 4.76. The number of halogens is 2. The quantitative estimate of drug-likeness (QED) is 0.647. The van der Waals surface area contributed by atoms with Gasteiger partial charge < -0.3 is 4.42 Å². The minimum atomic E-state index is -0.344. The standard InChI is InChI=1S/C16H10BrFO2/c17-13-4-2-1-3-10(13)8-14(19)16-9-11-7-12(18)5-6-15(11)20-16/h1-7,9H,8H2. The average Bonchev–Trinajstić information content (AvgIpc) is 2.84. The summed E-state index contributed by atoms with van der Waals surface area (Å²) in [5.41, 5.74) is 1.41. The Bertz CT molecular complexity index is 792. The van der Waals surface area contributed by atoms with Crippen LogP contribution in [0, 0.1) is 5.82 Å². The van der Waals surface area contributed by atoms with E-state index in [9.17, 15) is 9.18 Å². The first-order valence-corrected chi connectivity index (χ1v) is 6.88. The summed E-state index contributed by atoms with van der Waals surface area (Å²) in [6.07, 6.45) is 0.240. The molecule has 3 rings (SSSR count). The van der Waals surface area contributed by atoms with E-state index in [1.165, 1.54) is 18.2 Å². The molecule has 20 heavy (non-hydrogen) atoms. The molecule has 0 aliphatic rings. The lowest BCUT2D eigenvalue weighted by Gasteiger charge is -2.01. The van der Waals surface area contributed by atoms with Gasteiger partial charge in [0.15, 0.2) is 5.76 Å². The first-order chi connectivity index (χ1) is 9.63. The fourth-order valence-electron chi connectivity index (χ4n) is 2.05. The first-order valence-electron chi connectivity index (χ1n) is 6.09. The van der Waals surface area contributed by atoms with Crippen LogP contribution in [0.3, 0.4) is 0 Å². The topological polar surface area (TPSA) is 30.2 Å². The molecule has 0 saturated heterocycles. The Morgan fingerprint density at radius 3 is 2.75 bits per heavy atom. The van der Waals surface area contributed by atoms with Gasteiger partial charge in [-0.15, -0.1) is 0 Å². The third-order valence-electron chi connectivity index (χ3n) is 3.06. The van der Waals surface area contributed by atoms with E-state index >= 15 is 0 Å². The zero-order chi connectivity index (χ0) is 14.1. The molecule has 1 heterocycles. The van der Waals surface area contributed by atoms with Gasteiger partial charge in [-0.1, -0.05) is 34.1 Å². The van der Waals surface area contributed by atoms with Crippen molar-refractivity contribution in [2.24, 2.45) is 0 Å². The van der Waals surface area contributed by atoms with E-state index in [1.54, 1.807) is 6.07 Å². The molecule has 0 unspecified atom stereocenters. The van der Waals surface area contributed by atoms with E-state index in [-0.39, 0.29) is 23.8 Å². The van der Waals surface area contributed by atoms with Gasteiger partial charge in [0.1, 0.15) is 11.4 Å². The van der Waals surface area contributed by atoms with Gasteiger partial charge in [-0.2, -0.15) is 0 Å². The summed E-state index contributed by atoms with van der Waals surface area (Å²) in [5.74, 6) is -0.224. The number of hydrogen-bond acceptors (Lipinski definition) is 2. The van der Waals surface area contributed by atoms with Crippen LogP contribution >= 0.6 is 15.9 Å². The number of Topliss-reactive ketones (excluding diaryl/α,β-unsaturated/α-hetero) is 1. The van der Waals surface area contributed by atoms with E-state index in [0.717, 1.165) is 10.0 Å². The number of fused-ring (bicyclic) bond motifs is 1. The highest BCUT2D eigenvalue weighted by atomic mass is 79.9. The molecule has 0 spiro atoms. The van der Waals surface area contributed by atoms with E-state index in [1.807, 2.05) is 24.3 Å². The molecule has 4 heteroatoms. The molecule has 100 valence electrons. The van der Waals surface area contributed by atoms with Crippen LogP contribution in [0.1, 0.15) is 16.1 Å². The second-order valence-corrected chi connectivity index (χ2v) is 5.34. The molecule has 0 aliphatic carbocycles. The lowest BCUT2D eigenvalue weighted by molar-refractivity contribution is 0.0968. The fourth-order valence-corrected chi connectivity index (χ4v) is 2.48. The summed E-state index contributed by atoms with van der Waals surface area (Å²) in [7, 11) is 0. The lowest BCUT2D eigenvalue weighted by atomic mass is 10.1. The van der Waals surface area contributed by atoms with E-state index in [2.05, 4.69) is 15.9 Å². The van der Waals surface area contributed by atoms with Crippen molar-refractivity contribution in [3.8, 4) is 0 Å². The Balaban J connectivity index is 1.91. The molecule has 0 N–H and O–H groups in total. The van der Waals surface area contributed by atoms with Crippen LogP contribution in [0.2, 0.25) is 0 Å². The summed E-state index contributed by atoms with van der Waals surface area (Å²) in [6.45, 7) is 0.